The molecule has 2 aromatic carbocycles. The lowest BCUT2D eigenvalue weighted by Gasteiger charge is -2.26. The third-order valence-corrected chi connectivity index (χ3v) is 3.82. The first kappa shape index (κ1) is 12.7. The monoisotopic (exact) mass is 266 g/mol. The molecule has 1 amide bonds. The number of carbonyl (C=O) groups is 1. The standard InChI is InChI=1S/C17H18N2O/c18-14-8-3-7-13(11-14)17(20)19-16-10-4-6-12-5-1-2-9-15(12)16/h1-3,5,7-9,11,16H,4,6,10,18H2,(H,19,20). The summed E-state index contributed by atoms with van der Waals surface area (Å²) >= 11 is 0. The maximum atomic E-state index is 12.3. The van der Waals surface area contributed by atoms with E-state index in [0.717, 1.165) is 19.3 Å². The lowest BCUT2D eigenvalue weighted by atomic mass is 9.87. The number of anilines is 1. The van der Waals surface area contributed by atoms with Gasteiger partial charge in [-0.05, 0) is 48.6 Å². The number of benzene rings is 2. The predicted molar refractivity (Wildman–Crippen MR) is 80.4 cm³/mol. The van der Waals surface area contributed by atoms with Crippen LogP contribution in [0.15, 0.2) is 48.5 Å². The van der Waals surface area contributed by atoms with Crippen molar-refractivity contribution < 1.29 is 4.79 Å². The summed E-state index contributed by atoms with van der Waals surface area (Å²) in [6.07, 6.45) is 3.20. The Labute approximate surface area is 118 Å². The van der Waals surface area contributed by atoms with E-state index >= 15 is 0 Å². The number of amides is 1. The zero-order valence-corrected chi connectivity index (χ0v) is 11.3. The van der Waals surface area contributed by atoms with Gasteiger partial charge in [-0.1, -0.05) is 30.3 Å². The Morgan fingerprint density at radius 1 is 1.15 bits per heavy atom. The molecule has 0 saturated carbocycles. The van der Waals surface area contributed by atoms with Crippen LogP contribution >= 0.6 is 0 Å². The normalized spacial score (nSPS) is 17.3. The maximum absolute atomic E-state index is 12.3. The molecule has 0 saturated heterocycles. The van der Waals surface area contributed by atoms with Crippen molar-refractivity contribution in [2.45, 2.75) is 25.3 Å². The van der Waals surface area contributed by atoms with Gasteiger partial charge in [-0.15, -0.1) is 0 Å². The van der Waals surface area contributed by atoms with E-state index in [0.29, 0.717) is 11.3 Å². The quantitative estimate of drug-likeness (QED) is 0.821. The Balaban J connectivity index is 1.81. The van der Waals surface area contributed by atoms with E-state index in [1.165, 1.54) is 11.1 Å². The van der Waals surface area contributed by atoms with Crippen LogP contribution in [0.5, 0.6) is 0 Å². The molecule has 0 spiro atoms. The fourth-order valence-corrected chi connectivity index (χ4v) is 2.83. The van der Waals surface area contributed by atoms with Gasteiger partial charge < -0.3 is 11.1 Å². The third-order valence-electron chi connectivity index (χ3n) is 3.82. The largest absolute Gasteiger partial charge is 0.399 e. The molecule has 0 aliphatic heterocycles. The second kappa shape index (κ2) is 5.37. The zero-order valence-electron chi connectivity index (χ0n) is 11.3. The van der Waals surface area contributed by atoms with Gasteiger partial charge in [-0.3, -0.25) is 4.79 Å². The molecule has 3 rings (SSSR count). The van der Waals surface area contributed by atoms with Crippen LogP contribution in [0.1, 0.15) is 40.4 Å². The number of nitrogens with one attached hydrogen (secondary N) is 1. The summed E-state index contributed by atoms with van der Waals surface area (Å²) < 4.78 is 0. The molecule has 0 fully saturated rings. The highest BCUT2D eigenvalue weighted by molar-refractivity contribution is 5.95. The van der Waals surface area contributed by atoms with Crippen LogP contribution in [-0.2, 0) is 6.42 Å². The minimum atomic E-state index is -0.0565. The smallest absolute Gasteiger partial charge is 0.251 e. The Morgan fingerprint density at radius 2 is 2.00 bits per heavy atom. The van der Waals surface area contributed by atoms with Crippen molar-refractivity contribution in [1.29, 1.82) is 0 Å². The topological polar surface area (TPSA) is 55.1 Å². The molecular weight excluding hydrogens is 248 g/mol. The second-order valence-corrected chi connectivity index (χ2v) is 5.24. The molecule has 102 valence electrons. The summed E-state index contributed by atoms with van der Waals surface area (Å²) in [6.45, 7) is 0. The van der Waals surface area contributed by atoms with Gasteiger partial charge in [0.2, 0.25) is 0 Å². The van der Waals surface area contributed by atoms with E-state index in [1.807, 2.05) is 6.07 Å². The van der Waals surface area contributed by atoms with E-state index in [-0.39, 0.29) is 11.9 Å². The van der Waals surface area contributed by atoms with Gasteiger partial charge in [-0.25, -0.2) is 0 Å². The fourth-order valence-electron chi connectivity index (χ4n) is 2.83. The molecule has 3 nitrogen and oxygen atoms in total. The molecule has 1 atom stereocenters. The van der Waals surface area contributed by atoms with Crippen molar-refractivity contribution >= 4 is 11.6 Å². The van der Waals surface area contributed by atoms with Crippen molar-refractivity contribution in [3.8, 4) is 0 Å². The molecular formula is C17H18N2O. The highest BCUT2D eigenvalue weighted by Crippen LogP contribution is 2.29. The van der Waals surface area contributed by atoms with Crippen molar-refractivity contribution in [3.05, 3.63) is 65.2 Å². The van der Waals surface area contributed by atoms with Crippen LogP contribution in [0, 0.1) is 0 Å². The highest BCUT2D eigenvalue weighted by Gasteiger charge is 2.21. The first-order valence-corrected chi connectivity index (χ1v) is 6.98. The Morgan fingerprint density at radius 3 is 2.85 bits per heavy atom. The minimum absolute atomic E-state index is 0.0565. The fraction of sp³-hybridized carbons (Fsp3) is 0.235. The van der Waals surface area contributed by atoms with Gasteiger partial charge in [0.05, 0.1) is 6.04 Å². The van der Waals surface area contributed by atoms with Gasteiger partial charge in [0, 0.05) is 11.3 Å². The number of carbonyl (C=O) groups excluding carboxylic acids is 1. The Kier molecular flexibility index (Phi) is 3.42. The van der Waals surface area contributed by atoms with E-state index < -0.39 is 0 Å². The predicted octanol–water partition coefficient (Wildman–Crippen LogP) is 3.08. The average Bonchev–Trinajstić information content (AvgIpc) is 2.47. The van der Waals surface area contributed by atoms with E-state index in [9.17, 15) is 4.79 Å². The first-order chi connectivity index (χ1) is 9.74. The van der Waals surface area contributed by atoms with Crippen LogP contribution in [0.2, 0.25) is 0 Å². The van der Waals surface area contributed by atoms with Gasteiger partial charge in [-0.2, -0.15) is 0 Å². The molecule has 1 aliphatic carbocycles. The molecule has 2 aromatic rings. The molecule has 3 N–H and O–H groups in total. The van der Waals surface area contributed by atoms with Gasteiger partial charge in [0.25, 0.3) is 5.91 Å². The van der Waals surface area contributed by atoms with Gasteiger partial charge in [0.1, 0.15) is 0 Å². The summed E-state index contributed by atoms with van der Waals surface area (Å²) in [7, 11) is 0. The lowest BCUT2D eigenvalue weighted by molar-refractivity contribution is 0.0933. The highest BCUT2D eigenvalue weighted by atomic mass is 16.1. The summed E-state index contributed by atoms with van der Waals surface area (Å²) in [5.41, 5.74) is 9.55. The third kappa shape index (κ3) is 2.52. The molecule has 1 aliphatic rings. The molecule has 0 bridgehead atoms. The van der Waals surface area contributed by atoms with Crippen LogP contribution < -0.4 is 11.1 Å². The zero-order chi connectivity index (χ0) is 13.9. The van der Waals surface area contributed by atoms with Crippen molar-refractivity contribution in [3.63, 3.8) is 0 Å². The van der Waals surface area contributed by atoms with Crippen LogP contribution in [0.4, 0.5) is 5.69 Å². The molecule has 0 heterocycles. The summed E-state index contributed by atoms with van der Waals surface area (Å²) in [6, 6.07) is 15.5. The number of nitrogen functional groups attached to an aromatic ring is 1. The minimum Gasteiger partial charge on any atom is -0.399 e. The number of rotatable bonds is 2. The molecule has 3 heteroatoms. The number of hydrogen-bond acceptors (Lipinski definition) is 2. The summed E-state index contributed by atoms with van der Waals surface area (Å²) in [5, 5.41) is 3.12. The Hall–Kier alpha value is -2.29. The van der Waals surface area contributed by atoms with Crippen LogP contribution in [0.3, 0.4) is 0 Å². The van der Waals surface area contributed by atoms with E-state index in [2.05, 4.69) is 23.5 Å². The summed E-state index contributed by atoms with van der Waals surface area (Å²) in [5.74, 6) is -0.0565. The van der Waals surface area contributed by atoms with Crippen LogP contribution in [0.25, 0.3) is 0 Å². The number of fused-ring (bicyclic) bond motifs is 1. The van der Waals surface area contributed by atoms with Gasteiger partial charge >= 0.3 is 0 Å². The average molecular weight is 266 g/mol. The molecule has 1 unspecified atom stereocenters. The van der Waals surface area contributed by atoms with Crippen LogP contribution in [-0.4, -0.2) is 5.91 Å². The van der Waals surface area contributed by atoms with Crippen molar-refractivity contribution in [1.82, 2.24) is 5.32 Å². The SMILES string of the molecule is Nc1cccc(C(=O)NC2CCCc3ccccc32)c1. The summed E-state index contributed by atoms with van der Waals surface area (Å²) in [4.78, 5) is 12.3. The first-order valence-electron chi connectivity index (χ1n) is 6.98. The molecule has 20 heavy (non-hydrogen) atoms. The molecule has 0 radical (unpaired) electrons. The van der Waals surface area contributed by atoms with E-state index in [4.69, 9.17) is 5.73 Å². The molecule has 0 aromatic heterocycles. The second-order valence-electron chi connectivity index (χ2n) is 5.24. The van der Waals surface area contributed by atoms with E-state index in [1.54, 1.807) is 24.3 Å². The van der Waals surface area contributed by atoms with Crippen molar-refractivity contribution in [2.24, 2.45) is 0 Å². The van der Waals surface area contributed by atoms with Crippen molar-refractivity contribution in [2.75, 3.05) is 5.73 Å². The van der Waals surface area contributed by atoms with Gasteiger partial charge in [0.15, 0.2) is 0 Å². The Bertz CT molecular complexity index is 636. The lowest BCUT2D eigenvalue weighted by Crippen LogP contribution is -2.31. The number of aryl methyl sites for hydroxylation is 1. The maximum Gasteiger partial charge on any atom is 0.251 e. The number of hydrogen-bond donors (Lipinski definition) is 2. The number of nitrogens with two attached hydrogens (primary N) is 1.